The monoisotopic (exact) mass is 360 g/mol. The van der Waals surface area contributed by atoms with Crippen LogP contribution in [-0.4, -0.2) is 11.8 Å². The van der Waals surface area contributed by atoms with E-state index < -0.39 is 17.2 Å². The Balaban J connectivity index is 1.78. The largest absolute Gasteiger partial charge is 0.466 e. The average molecular weight is 361 g/mol. The van der Waals surface area contributed by atoms with Crippen LogP contribution in [0.25, 0.3) is 11.0 Å². The zero-order chi connectivity index (χ0) is 18.1. The highest BCUT2D eigenvalue weighted by atomic mass is 35.5. The van der Waals surface area contributed by atoms with Crippen molar-refractivity contribution in [2.75, 3.05) is 0 Å². The van der Waals surface area contributed by atoms with Gasteiger partial charge in [0.15, 0.2) is 11.2 Å². The average Bonchev–Trinajstić information content (AvgIpc) is 2.91. The Labute approximate surface area is 146 Å². The van der Waals surface area contributed by atoms with Gasteiger partial charge in [0.05, 0.1) is 10.9 Å². The van der Waals surface area contributed by atoms with Gasteiger partial charge < -0.3 is 8.83 Å². The number of furan rings is 1. The maximum absolute atomic E-state index is 12.1. The number of hydrogen-bond donors (Lipinski definition) is 2. The second kappa shape index (κ2) is 6.45. The van der Waals surface area contributed by atoms with Crippen LogP contribution < -0.4 is 16.3 Å². The van der Waals surface area contributed by atoms with E-state index in [1.807, 2.05) is 0 Å². The third kappa shape index (κ3) is 3.41. The normalized spacial score (nSPS) is 10.7. The van der Waals surface area contributed by atoms with Gasteiger partial charge >= 0.3 is 5.91 Å². The number of hydrazine groups is 1. The first-order valence-corrected chi connectivity index (χ1v) is 7.64. The molecule has 25 heavy (non-hydrogen) atoms. The number of carbonyl (C=O) groups is 2. The number of aryl methyl sites for hydroxylation is 2. The zero-order valence-electron chi connectivity index (χ0n) is 13.3. The molecule has 1 aromatic carbocycles. The molecule has 3 aromatic rings. The van der Waals surface area contributed by atoms with Crippen molar-refractivity contribution in [1.82, 2.24) is 10.9 Å². The number of rotatable bonds is 2. The van der Waals surface area contributed by atoms with Crippen molar-refractivity contribution in [3.05, 3.63) is 68.4 Å². The summed E-state index contributed by atoms with van der Waals surface area (Å²) in [6.45, 7) is 3.34. The minimum atomic E-state index is -0.764. The fourth-order valence-corrected chi connectivity index (χ4v) is 2.51. The Morgan fingerprint density at radius 2 is 1.72 bits per heavy atom. The van der Waals surface area contributed by atoms with E-state index in [4.69, 9.17) is 20.4 Å². The molecule has 3 rings (SSSR count). The van der Waals surface area contributed by atoms with Gasteiger partial charge in [-0.3, -0.25) is 25.2 Å². The molecule has 0 bridgehead atoms. The van der Waals surface area contributed by atoms with Gasteiger partial charge in [0.1, 0.15) is 17.1 Å². The molecule has 128 valence electrons. The van der Waals surface area contributed by atoms with Gasteiger partial charge in [-0.2, -0.15) is 0 Å². The summed E-state index contributed by atoms with van der Waals surface area (Å²) < 4.78 is 10.6. The Morgan fingerprint density at radius 1 is 1.00 bits per heavy atom. The quantitative estimate of drug-likeness (QED) is 0.684. The lowest BCUT2D eigenvalue weighted by Crippen LogP contribution is -2.41. The molecular weight excluding hydrogens is 348 g/mol. The van der Waals surface area contributed by atoms with Crippen molar-refractivity contribution in [3.63, 3.8) is 0 Å². The first kappa shape index (κ1) is 16.8. The molecule has 0 saturated heterocycles. The number of benzene rings is 1. The van der Waals surface area contributed by atoms with Crippen LogP contribution in [0.1, 0.15) is 32.4 Å². The van der Waals surface area contributed by atoms with Crippen molar-refractivity contribution in [3.8, 4) is 0 Å². The van der Waals surface area contributed by atoms with Gasteiger partial charge in [0.25, 0.3) is 5.91 Å². The third-order valence-electron chi connectivity index (χ3n) is 3.49. The lowest BCUT2D eigenvalue weighted by atomic mass is 10.2. The summed E-state index contributed by atoms with van der Waals surface area (Å²) in [6, 6.07) is 7.08. The number of amides is 2. The molecule has 0 aliphatic carbocycles. The van der Waals surface area contributed by atoms with E-state index >= 15 is 0 Å². The summed E-state index contributed by atoms with van der Waals surface area (Å²) in [6.07, 6.45) is 0. The molecule has 2 N–H and O–H groups in total. The van der Waals surface area contributed by atoms with Crippen molar-refractivity contribution < 1.29 is 18.4 Å². The molecule has 2 amide bonds. The number of carbonyl (C=O) groups excluding carboxylic acids is 2. The summed E-state index contributed by atoms with van der Waals surface area (Å²) in [7, 11) is 0. The molecule has 0 unspecified atom stereocenters. The molecule has 0 radical (unpaired) electrons. The summed E-state index contributed by atoms with van der Waals surface area (Å²) >= 11 is 5.84. The van der Waals surface area contributed by atoms with E-state index in [-0.39, 0.29) is 16.7 Å². The molecule has 7 nitrogen and oxygen atoms in total. The van der Waals surface area contributed by atoms with Gasteiger partial charge in [0.2, 0.25) is 0 Å². The standard InChI is InChI=1S/C17H13ClN2O5/c1-8-5-11(9(2)24-8)16(22)19-20-17(23)15-7-13(21)12-6-10(18)3-4-14(12)25-15/h3-7H,1-2H3,(H,19,22)(H,20,23). The van der Waals surface area contributed by atoms with E-state index in [9.17, 15) is 14.4 Å². The minimum Gasteiger partial charge on any atom is -0.466 e. The first-order valence-electron chi connectivity index (χ1n) is 7.26. The van der Waals surface area contributed by atoms with Crippen LogP contribution in [0.2, 0.25) is 5.02 Å². The molecule has 8 heteroatoms. The Bertz CT molecular complexity index is 1050. The van der Waals surface area contributed by atoms with Crippen LogP contribution in [-0.2, 0) is 0 Å². The highest BCUT2D eigenvalue weighted by molar-refractivity contribution is 6.31. The predicted molar refractivity (Wildman–Crippen MR) is 90.6 cm³/mol. The summed E-state index contributed by atoms with van der Waals surface area (Å²) in [5.41, 5.74) is 4.55. The highest BCUT2D eigenvalue weighted by Crippen LogP contribution is 2.17. The summed E-state index contributed by atoms with van der Waals surface area (Å²) in [5.74, 6) is -0.537. The Kier molecular flexibility index (Phi) is 4.33. The van der Waals surface area contributed by atoms with E-state index in [2.05, 4.69) is 10.9 Å². The molecule has 2 aromatic heterocycles. The van der Waals surface area contributed by atoms with Crippen molar-refractivity contribution in [1.29, 1.82) is 0 Å². The maximum atomic E-state index is 12.1. The SMILES string of the molecule is Cc1cc(C(=O)NNC(=O)c2cc(=O)c3cc(Cl)ccc3o2)c(C)o1. The van der Waals surface area contributed by atoms with Crippen LogP contribution >= 0.6 is 11.6 Å². The van der Waals surface area contributed by atoms with Gasteiger partial charge in [-0.05, 0) is 38.1 Å². The zero-order valence-corrected chi connectivity index (χ0v) is 14.1. The Morgan fingerprint density at radius 3 is 2.40 bits per heavy atom. The van der Waals surface area contributed by atoms with E-state index in [0.717, 1.165) is 6.07 Å². The van der Waals surface area contributed by atoms with Crippen LogP contribution in [0.15, 0.2) is 44.0 Å². The first-order chi connectivity index (χ1) is 11.8. The minimum absolute atomic E-state index is 0.217. The van der Waals surface area contributed by atoms with E-state index in [1.165, 1.54) is 12.1 Å². The predicted octanol–water partition coefficient (Wildman–Crippen LogP) is 2.73. The maximum Gasteiger partial charge on any atom is 0.305 e. The fraction of sp³-hybridized carbons (Fsp3) is 0.118. The van der Waals surface area contributed by atoms with Gasteiger partial charge in [-0.25, -0.2) is 0 Å². The highest BCUT2D eigenvalue weighted by Gasteiger charge is 2.16. The fourth-order valence-electron chi connectivity index (χ4n) is 2.34. The molecule has 0 spiro atoms. The number of fused-ring (bicyclic) bond motifs is 1. The number of halogens is 1. The van der Waals surface area contributed by atoms with Crippen molar-refractivity contribution in [2.24, 2.45) is 0 Å². The van der Waals surface area contributed by atoms with Gasteiger partial charge in [-0.15, -0.1) is 0 Å². The summed E-state index contributed by atoms with van der Waals surface area (Å²) in [4.78, 5) is 36.2. The molecular formula is C17H13ClN2O5. The van der Waals surface area contributed by atoms with Crippen LogP contribution in [0.4, 0.5) is 0 Å². The second-order valence-corrected chi connectivity index (χ2v) is 5.79. The van der Waals surface area contributed by atoms with Crippen LogP contribution in [0.3, 0.4) is 0 Å². The molecule has 2 heterocycles. The molecule has 0 fully saturated rings. The van der Waals surface area contributed by atoms with Crippen LogP contribution in [0, 0.1) is 13.8 Å². The van der Waals surface area contributed by atoms with E-state index in [0.29, 0.717) is 22.1 Å². The Hall–Kier alpha value is -3.06. The topological polar surface area (TPSA) is 102 Å². The molecule has 0 aliphatic rings. The molecule has 0 aliphatic heterocycles. The van der Waals surface area contributed by atoms with E-state index in [1.54, 1.807) is 26.0 Å². The van der Waals surface area contributed by atoms with Gasteiger partial charge in [0, 0.05) is 11.1 Å². The van der Waals surface area contributed by atoms with Crippen molar-refractivity contribution >= 4 is 34.4 Å². The lowest BCUT2D eigenvalue weighted by Gasteiger charge is -2.07. The van der Waals surface area contributed by atoms with Gasteiger partial charge in [-0.1, -0.05) is 11.6 Å². The number of hydrogen-bond acceptors (Lipinski definition) is 5. The summed E-state index contributed by atoms with van der Waals surface area (Å²) in [5, 5.41) is 0.646. The van der Waals surface area contributed by atoms with Crippen LogP contribution in [0.5, 0.6) is 0 Å². The third-order valence-corrected chi connectivity index (χ3v) is 3.72. The smallest absolute Gasteiger partial charge is 0.305 e. The molecule has 0 atom stereocenters. The lowest BCUT2D eigenvalue weighted by molar-refractivity contribution is 0.0830. The van der Waals surface area contributed by atoms with Crippen molar-refractivity contribution in [2.45, 2.75) is 13.8 Å². The number of nitrogens with one attached hydrogen (secondary N) is 2. The molecule has 0 saturated carbocycles. The second-order valence-electron chi connectivity index (χ2n) is 5.35.